The highest BCUT2D eigenvalue weighted by Crippen LogP contribution is 2.15. The molecule has 4 heteroatoms. The maximum Gasteiger partial charge on any atom is 0.136 e. The number of rotatable bonds is 1. The SMILES string of the molecule is C=Cc1c(N)nc(C)nc1N. The standard InChI is InChI=1S/C7H10N4/c1-3-5-6(8)10-4(2)11-7(5)9/h3H,1H2,2H3,(H4,8,9,10,11). The molecule has 0 saturated heterocycles. The normalized spacial score (nSPS) is 9.55. The Balaban J connectivity index is 3.36. The van der Waals surface area contributed by atoms with E-state index in [0.717, 1.165) is 0 Å². The van der Waals surface area contributed by atoms with Crippen LogP contribution >= 0.6 is 0 Å². The summed E-state index contributed by atoms with van der Waals surface area (Å²) in [5, 5.41) is 0. The van der Waals surface area contributed by atoms with Crippen LogP contribution in [0.4, 0.5) is 11.6 Å². The number of nitrogens with two attached hydrogens (primary N) is 2. The minimum Gasteiger partial charge on any atom is -0.383 e. The molecule has 0 aliphatic heterocycles. The van der Waals surface area contributed by atoms with Crippen molar-refractivity contribution in [3.8, 4) is 0 Å². The fraction of sp³-hybridized carbons (Fsp3) is 0.143. The number of hydrogen-bond acceptors (Lipinski definition) is 4. The Morgan fingerprint density at radius 2 is 1.73 bits per heavy atom. The van der Waals surface area contributed by atoms with Gasteiger partial charge in [0.25, 0.3) is 0 Å². The molecule has 0 fully saturated rings. The number of hydrogen-bond donors (Lipinski definition) is 2. The van der Waals surface area contributed by atoms with Gasteiger partial charge in [-0.1, -0.05) is 12.7 Å². The van der Waals surface area contributed by atoms with Gasteiger partial charge in [0, 0.05) is 0 Å². The number of nitrogens with zero attached hydrogens (tertiary/aromatic N) is 2. The van der Waals surface area contributed by atoms with Crippen LogP contribution in [0.2, 0.25) is 0 Å². The molecule has 58 valence electrons. The first kappa shape index (κ1) is 7.53. The van der Waals surface area contributed by atoms with E-state index in [1.54, 1.807) is 13.0 Å². The van der Waals surface area contributed by atoms with E-state index < -0.39 is 0 Å². The van der Waals surface area contributed by atoms with Gasteiger partial charge in [-0.25, -0.2) is 9.97 Å². The molecule has 0 radical (unpaired) electrons. The Bertz CT molecular complexity index is 269. The minimum absolute atomic E-state index is 0.380. The molecule has 0 saturated carbocycles. The summed E-state index contributed by atoms with van der Waals surface area (Å²) in [6.45, 7) is 5.28. The lowest BCUT2D eigenvalue weighted by Gasteiger charge is -2.02. The molecule has 4 N–H and O–H groups in total. The summed E-state index contributed by atoms with van der Waals surface area (Å²) in [6, 6.07) is 0. The Morgan fingerprint density at radius 3 is 2.09 bits per heavy atom. The van der Waals surface area contributed by atoms with Gasteiger partial charge < -0.3 is 11.5 Å². The number of aromatic nitrogens is 2. The fourth-order valence-electron chi connectivity index (χ4n) is 0.834. The zero-order valence-corrected chi connectivity index (χ0v) is 6.33. The van der Waals surface area contributed by atoms with E-state index in [2.05, 4.69) is 16.5 Å². The molecule has 4 nitrogen and oxygen atoms in total. The topological polar surface area (TPSA) is 77.8 Å². The summed E-state index contributed by atoms with van der Waals surface area (Å²) in [7, 11) is 0. The molecule has 0 aromatic carbocycles. The van der Waals surface area contributed by atoms with Gasteiger partial charge in [-0.3, -0.25) is 0 Å². The van der Waals surface area contributed by atoms with Gasteiger partial charge in [0.2, 0.25) is 0 Å². The maximum atomic E-state index is 5.53. The van der Waals surface area contributed by atoms with Gasteiger partial charge in [-0.05, 0) is 6.92 Å². The van der Waals surface area contributed by atoms with Crippen LogP contribution in [0.5, 0.6) is 0 Å². The molecule has 1 heterocycles. The smallest absolute Gasteiger partial charge is 0.136 e. The summed E-state index contributed by atoms with van der Waals surface area (Å²) >= 11 is 0. The predicted molar refractivity (Wildman–Crippen MR) is 45.7 cm³/mol. The van der Waals surface area contributed by atoms with E-state index in [4.69, 9.17) is 11.5 Å². The monoisotopic (exact) mass is 150 g/mol. The highest BCUT2D eigenvalue weighted by molar-refractivity contribution is 5.69. The predicted octanol–water partition coefficient (Wildman–Crippen LogP) is 0.592. The van der Waals surface area contributed by atoms with Crippen molar-refractivity contribution in [3.05, 3.63) is 18.0 Å². The van der Waals surface area contributed by atoms with Crippen LogP contribution in [0.25, 0.3) is 6.08 Å². The molecular weight excluding hydrogens is 140 g/mol. The van der Waals surface area contributed by atoms with Gasteiger partial charge in [0.15, 0.2) is 0 Å². The van der Waals surface area contributed by atoms with Crippen LogP contribution in [0.15, 0.2) is 6.58 Å². The van der Waals surface area contributed by atoms with Crippen LogP contribution in [-0.4, -0.2) is 9.97 Å². The third kappa shape index (κ3) is 1.29. The van der Waals surface area contributed by atoms with Crippen molar-refractivity contribution in [2.75, 3.05) is 11.5 Å². The highest BCUT2D eigenvalue weighted by atomic mass is 15.0. The number of aryl methyl sites for hydroxylation is 1. The van der Waals surface area contributed by atoms with Gasteiger partial charge in [-0.15, -0.1) is 0 Å². The number of anilines is 2. The average Bonchev–Trinajstić information content (AvgIpc) is 1.85. The lowest BCUT2D eigenvalue weighted by Crippen LogP contribution is -2.03. The van der Waals surface area contributed by atoms with Crippen LogP contribution in [0.1, 0.15) is 11.4 Å². The molecule has 0 atom stereocenters. The summed E-state index contributed by atoms with van der Waals surface area (Å²) in [6.07, 6.45) is 1.55. The third-order valence-electron chi connectivity index (χ3n) is 1.32. The number of nitrogen functional groups attached to an aromatic ring is 2. The zero-order chi connectivity index (χ0) is 8.43. The second-order valence-electron chi connectivity index (χ2n) is 2.16. The molecule has 11 heavy (non-hydrogen) atoms. The molecule has 0 bridgehead atoms. The van der Waals surface area contributed by atoms with E-state index in [1.165, 1.54) is 0 Å². The molecule has 1 rings (SSSR count). The van der Waals surface area contributed by atoms with E-state index in [1.807, 2.05) is 0 Å². The van der Waals surface area contributed by atoms with E-state index >= 15 is 0 Å². The Labute approximate surface area is 65.0 Å². The summed E-state index contributed by atoms with van der Waals surface area (Å²) in [4.78, 5) is 7.84. The second-order valence-corrected chi connectivity index (χ2v) is 2.16. The molecule has 0 unspecified atom stereocenters. The Hall–Kier alpha value is -1.58. The van der Waals surface area contributed by atoms with Crippen molar-refractivity contribution in [2.45, 2.75) is 6.92 Å². The molecule has 0 spiro atoms. The summed E-state index contributed by atoms with van der Waals surface area (Å²) in [5.41, 5.74) is 11.7. The van der Waals surface area contributed by atoms with Gasteiger partial charge >= 0.3 is 0 Å². The molecule has 1 aromatic rings. The summed E-state index contributed by atoms with van der Waals surface area (Å²) in [5.74, 6) is 1.33. The quantitative estimate of drug-likeness (QED) is 0.614. The van der Waals surface area contributed by atoms with Crippen LogP contribution in [0, 0.1) is 6.92 Å². The molecular formula is C7H10N4. The van der Waals surface area contributed by atoms with Gasteiger partial charge in [0.05, 0.1) is 5.56 Å². The summed E-state index contributed by atoms with van der Waals surface area (Å²) < 4.78 is 0. The highest BCUT2D eigenvalue weighted by Gasteiger charge is 2.02. The molecule has 0 aliphatic rings. The van der Waals surface area contributed by atoms with E-state index in [9.17, 15) is 0 Å². The van der Waals surface area contributed by atoms with Crippen LogP contribution < -0.4 is 11.5 Å². The van der Waals surface area contributed by atoms with Crippen molar-refractivity contribution < 1.29 is 0 Å². The molecule has 1 aromatic heterocycles. The van der Waals surface area contributed by atoms with Crippen LogP contribution in [-0.2, 0) is 0 Å². The minimum atomic E-state index is 0.380. The molecule has 0 amide bonds. The second kappa shape index (κ2) is 2.57. The molecule has 0 aliphatic carbocycles. The third-order valence-corrected chi connectivity index (χ3v) is 1.32. The van der Waals surface area contributed by atoms with Gasteiger partial charge in [0.1, 0.15) is 17.5 Å². The van der Waals surface area contributed by atoms with Crippen molar-refractivity contribution in [1.82, 2.24) is 9.97 Å². The average molecular weight is 150 g/mol. The first-order chi connectivity index (χ1) is 5.15. The Morgan fingerprint density at radius 1 is 1.27 bits per heavy atom. The van der Waals surface area contributed by atoms with E-state index in [-0.39, 0.29) is 0 Å². The fourth-order valence-corrected chi connectivity index (χ4v) is 0.834. The van der Waals surface area contributed by atoms with Crippen LogP contribution in [0.3, 0.4) is 0 Å². The first-order valence-corrected chi connectivity index (χ1v) is 3.17. The Kier molecular flexibility index (Phi) is 1.76. The zero-order valence-electron chi connectivity index (χ0n) is 6.33. The first-order valence-electron chi connectivity index (χ1n) is 3.17. The van der Waals surface area contributed by atoms with E-state index in [0.29, 0.717) is 23.0 Å². The van der Waals surface area contributed by atoms with Crippen molar-refractivity contribution >= 4 is 17.7 Å². The lowest BCUT2D eigenvalue weighted by molar-refractivity contribution is 1.06. The van der Waals surface area contributed by atoms with Gasteiger partial charge in [-0.2, -0.15) is 0 Å². The van der Waals surface area contributed by atoms with Crippen molar-refractivity contribution in [3.63, 3.8) is 0 Å². The van der Waals surface area contributed by atoms with Crippen molar-refractivity contribution in [1.29, 1.82) is 0 Å². The largest absolute Gasteiger partial charge is 0.383 e. The van der Waals surface area contributed by atoms with Crippen molar-refractivity contribution in [2.24, 2.45) is 0 Å². The lowest BCUT2D eigenvalue weighted by atomic mass is 10.3. The maximum absolute atomic E-state index is 5.53.